The number of anilines is 1. The molecule has 0 bridgehead atoms. The number of fused-ring (bicyclic) bond motifs is 1. The summed E-state index contributed by atoms with van der Waals surface area (Å²) in [6, 6.07) is 11.6. The minimum atomic E-state index is -0.991. The van der Waals surface area contributed by atoms with Gasteiger partial charge in [-0.2, -0.15) is 0 Å². The van der Waals surface area contributed by atoms with Gasteiger partial charge in [-0.3, -0.25) is 4.79 Å². The molecule has 0 radical (unpaired) electrons. The number of halogens is 3. The van der Waals surface area contributed by atoms with Crippen LogP contribution >= 0.6 is 24.8 Å². The number of hydrogen-bond donors (Lipinski definition) is 3. The summed E-state index contributed by atoms with van der Waals surface area (Å²) in [5.74, 6) is 0.116. The van der Waals surface area contributed by atoms with Gasteiger partial charge in [-0.1, -0.05) is 13.8 Å². The van der Waals surface area contributed by atoms with Gasteiger partial charge in [0.1, 0.15) is 17.2 Å². The van der Waals surface area contributed by atoms with Crippen molar-refractivity contribution in [3.63, 3.8) is 0 Å². The summed E-state index contributed by atoms with van der Waals surface area (Å²) in [7, 11) is 0. The molecule has 1 saturated carbocycles. The lowest BCUT2D eigenvalue weighted by Gasteiger charge is -2.57. The van der Waals surface area contributed by atoms with Crippen molar-refractivity contribution in [3.8, 4) is 11.4 Å². The van der Waals surface area contributed by atoms with E-state index in [1.54, 1.807) is 18.2 Å². The second-order valence-corrected chi connectivity index (χ2v) is 8.12. The number of ether oxygens (including phenoxy) is 1. The molecule has 168 valence electrons. The molecule has 2 aromatic carbocycles. The maximum atomic E-state index is 13.1. The predicted molar refractivity (Wildman–Crippen MR) is 125 cm³/mol. The minimum Gasteiger partial charge on any atom is -0.378 e. The molecule has 1 amide bonds. The molecule has 0 aliphatic heterocycles. The Morgan fingerprint density at radius 1 is 1.26 bits per heavy atom. The van der Waals surface area contributed by atoms with E-state index < -0.39 is 11.0 Å². The summed E-state index contributed by atoms with van der Waals surface area (Å²) >= 11 is 0. The van der Waals surface area contributed by atoms with Crippen molar-refractivity contribution in [2.45, 2.75) is 38.8 Å². The van der Waals surface area contributed by atoms with E-state index in [2.05, 4.69) is 15.3 Å². The Labute approximate surface area is 193 Å². The van der Waals surface area contributed by atoms with Gasteiger partial charge in [-0.15, -0.1) is 24.8 Å². The van der Waals surface area contributed by atoms with E-state index in [1.807, 2.05) is 32.9 Å². The largest absolute Gasteiger partial charge is 0.378 e. The Balaban J connectivity index is 0.00000171. The number of nitrogens with zero attached hydrogens (tertiary/aromatic N) is 1. The molecule has 4 N–H and O–H groups in total. The van der Waals surface area contributed by atoms with Crippen LogP contribution < -0.4 is 11.1 Å². The maximum Gasteiger partial charge on any atom is 0.245 e. The maximum absolute atomic E-state index is 13.1. The van der Waals surface area contributed by atoms with Crippen LogP contribution in [0.3, 0.4) is 0 Å². The molecule has 3 aromatic rings. The quantitative estimate of drug-likeness (QED) is 0.506. The first-order valence-electron chi connectivity index (χ1n) is 9.72. The number of nitrogens with two attached hydrogens (primary N) is 1. The van der Waals surface area contributed by atoms with Crippen molar-refractivity contribution in [1.82, 2.24) is 9.97 Å². The van der Waals surface area contributed by atoms with Crippen LogP contribution in [-0.2, 0) is 9.53 Å². The molecule has 1 aromatic heterocycles. The van der Waals surface area contributed by atoms with Crippen molar-refractivity contribution >= 4 is 47.4 Å². The third kappa shape index (κ3) is 4.28. The van der Waals surface area contributed by atoms with Crippen LogP contribution in [0.2, 0.25) is 0 Å². The zero-order valence-electron chi connectivity index (χ0n) is 17.6. The Kier molecular flexibility index (Phi) is 7.38. The van der Waals surface area contributed by atoms with Gasteiger partial charge in [-0.05, 0) is 49.4 Å². The standard InChI is InChI=1S/C22H25FN4O2.2ClH/c1-4-29-18-12-22(24,21(18,2)3)20(28)25-15-9-10-16-17(11-15)27-19(26-16)13-5-7-14(23)8-6-13;;/h5-11,18H,4,12,24H2,1-3H3,(H,25,28)(H,26,27);2*1H. The van der Waals surface area contributed by atoms with Gasteiger partial charge in [0.2, 0.25) is 5.91 Å². The smallest absolute Gasteiger partial charge is 0.245 e. The molecular formula is C22H27Cl2FN4O2. The molecule has 4 rings (SSSR count). The van der Waals surface area contributed by atoms with Crippen molar-refractivity contribution < 1.29 is 13.9 Å². The highest BCUT2D eigenvalue weighted by molar-refractivity contribution is 6.01. The Morgan fingerprint density at radius 2 is 1.94 bits per heavy atom. The minimum absolute atomic E-state index is 0. The molecule has 0 saturated heterocycles. The Hall–Kier alpha value is -2.19. The summed E-state index contributed by atoms with van der Waals surface area (Å²) in [6.07, 6.45) is 0.456. The van der Waals surface area contributed by atoms with Crippen molar-refractivity contribution in [1.29, 1.82) is 0 Å². The average Bonchev–Trinajstić information content (AvgIpc) is 3.11. The number of rotatable bonds is 5. The number of amides is 1. The number of carbonyl (C=O) groups excluding carboxylic acids is 1. The zero-order chi connectivity index (χ0) is 20.8. The molecule has 1 aliphatic rings. The van der Waals surface area contributed by atoms with Gasteiger partial charge >= 0.3 is 0 Å². The van der Waals surface area contributed by atoms with Crippen LogP contribution in [0.15, 0.2) is 42.5 Å². The summed E-state index contributed by atoms with van der Waals surface area (Å²) in [4.78, 5) is 20.7. The number of nitrogens with one attached hydrogen (secondary N) is 2. The monoisotopic (exact) mass is 468 g/mol. The average molecular weight is 469 g/mol. The lowest BCUT2D eigenvalue weighted by molar-refractivity contribution is -0.166. The van der Waals surface area contributed by atoms with Crippen molar-refractivity contribution in [2.75, 3.05) is 11.9 Å². The predicted octanol–water partition coefficient (Wildman–Crippen LogP) is 4.68. The molecule has 2 unspecified atom stereocenters. The SMILES string of the molecule is CCOC1CC(N)(C(=O)Nc2ccc3nc(-c4ccc(F)cc4)[nH]c3c2)C1(C)C.Cl.Cl. The van der Waals surface area contributed by atoms with Gasteiger partial charge < -0.3 is 20.8 Å². The van der Waals surface area contributed by atoms with Crippen LogP contribution in [0.1, 0.15) is 27.2 Å². The molecule has 6 nitrogen and oxygen atoms in total. The number of H-pyrrole nitrogens is 1. The van der Waals surface area contributed by atoms with Gasteiger partial charge in [0, 0.05) is 29.7 Å². The number of aromatic amines is 1. The van der Waals surface area contributed by atoms with E-state index in [0.717, 1.165) is 16.6 Å². The molecule has 2 atom stereocenters. The fraction of sp³-hybridized carbons (Fsp3) is 0.364. The van der Waals surface area contributed by atoms with Crippen LogP contribution in [0.4, 0.5) is 10.1 Å². The molecule has 1 heterocycles. The highest BCUT2D eigenvalue weighted by Gasteiger charge is 2.62. The number of benzene rings is 2. The van der Waals surface area contributed by atoms with Gasteiger partial charge in [0.25, 0.3) is 0 Å². The fourth-order valence-electron chi connectivity index (χ4n) is 3.90. The first kappa shape index (κ1) is 25.1. The third-order valence-corrected chi connectivity index (χ3v) is 6.09. The number of carbonyl (C=O) groups is 1. The van der Waals surface area contributed by atoms with E-state index in [4.69, 9.17) is 10.5 Å². The normalized spacial score (nSPS) is 21.5. The number of imidazole rings is 1. The molecular weight excluding hydrogens is 442 g/mol. The molecule has 9 heteroatoms. The van der Waals surface area contributed by atoms with Crippen LogP contribution in [0, 0.1) is 11.2 Å². The molecule has 31 heavy (non-hydrogen) atoms. The highest BCUT2D eigenvalue weighted by Crippen LogP contribution is 2.50. The fourth-order valence-corrected chi connectivity index (χ4v) is 3.90. The lowest BCUT2D eigenvalue weighted by Crippen LogP contribution is -2.74. The van der Waals surface area contributed by atoms with E-state index >= 15 is 0 Å². The molecule has 1 fully saturated rings. The second-order valence-electron chi connectivity index (χ2n) is 8.12. The van der Waals surface area contributed by atoms with E-state index in [-0.39, 0.29) is 42.6 Å². The number of hydrogen-bond acceptors (Lipinski definition) is 4. The summed E-state index contributed by atoms with van der Waals surface area (Å²) in [5, 5.41) is 2.93. The number of aromatic nitrogens is 2. The summed E-state index contributed by atoms with van der Waals surface area (Å²) in [6.45, 7) is 6.46. The van der Waals surface area contributed by atoms with Crippen molar-refractivity contribution in [3.05, 3.63) is 48.3 Å². The van der Waals surface area contributed by atoms with Gasteiger partial charge in [0.15, 0.2) is 0 Å². The van der Waals surface area contributed by atoms with E-state index in [0.29, 0.717) is 24.5 Å². The summed E-state index contributed by atoms with van der Waals surface area (Å²) in [5.41, 5.74) is 7.95. The van der Waals surface area contributed by atoms with E-state index in [1.165, 1.54) is 12.1 Å². The molecule has 0 spiro atoms. The second kappa shape index (κ2) is 9.12. The lowest BCUT2D eigenvalue weighted by atomic mass is 9.54. The Bertz CT molecular complexity index is 1070. The van der Waals surface area contributed by atoms with E-state index in [9.17, 15) is 9.18 Å². The van der Waals surface area contributed by atoms with Gasteiger partial charge in [-0.25, -0.2) is 9.37 Å². The highest BCUT2D eigenvalue weighted by atomic mass is 35.5. The first-order valence-corrected chi connectivity index (χ1v) is 9.72. The molecule has 1 aliphatic carbocycles. The Morgan fingerprint density at radius 3 is 2.55 bits per heavy atom. The van der Waals surface area contributed by atoms with Gasteiger partial charge in [0.05, 0.1) is 17.1 Å². The van der Waals surface area contributed by atoms with Crippen LogP contribution in [0.5, 0.6) is 0 Å². The van der Waals surface area contributed by atoms with Crippen LogP contribution in [-0.4, -0.2) is 34.1 Å². The summed E-state index contributed by atoms with van der Waals surface area (Å²) < 4.78 is 18.8. The first-order chi connectivity index (χ1) is 13.7. The van der Waals surface area contributed by atoms with Crippen LogP contribution in [0.25, 0.3) is 22.4 Å². The zero-order valence-corrected chi connectivity index (χ0v) is 19.2. The topological polar surface area (TPSA) is 93.0 Å². The third-order valence-electron chi connectivity index (χ3n) is 6.09. The van der Waals surface area contributed by atoms with Crippen molar-refractivity contribution in [2.24, 2.45) is 11.1 Å².